The van der Waals surface area contributed by atoms with Crippen molar-refractivity contribution in [3.8, 4) is 0 Å². The maximum absolute atomic E-state index is 4.83. The molecule has 1 heterocycles. The first kappa shape index (κ1) is 11.9. The molecule has 17 heavy (non-hydrogen) atoms. The number of thioether (sulfide) groups is 1. The van der Waals surface area contributed by atoms with E-state index in [1.807, 2.05) is 11.8 Å². The molecule has 0 aromatic carbocycles. The molecule has 2 fully saturated rings. The zero-order valence-corrected chi connectivity index (χ0v) is 11.9. The van der Waals surface area contributed by atoms with Crippen LogP contribution < -0.4 is 5.32 Å². The Kier molecular flexibility index (Phi) is 2.92. The summed E-state index contributed by atoms with van der Waals surface area (Å²) in [5, 5.41) is 4.88. The summed E-state index contributed by atoms with van der Waals surface area (Å²) in [5.74, 6) is 2.16. The highest BCUT2D eigenvalue weighted by Crippen LogP contribution is 2.44. The van der Waals surface area contributed by atoms with Crippen LogP contribution in [0, 0.1) is 11.3 Å². The Labute approximate surface area is 109 Å². The van der Waals surface area contributed by atoms with Crippen LogP contribution in [-0.4, -0.2) is 23.0 Å². The van der Waals surface area contributed by atoms with E-state index < -0.39 is 0 Å². The summed E-state index contributed by atoms with van der Waals surface area (Å²) in [6, 6.07) is 0. The van der Waals surface area contributed by atoms with Gasteiger partial charge in [0, 0.05) is 17.8 Å². The van der Waals surface area contributed by atoms with Crippen molar-refractivity contribution < 1.29 is 0 Å². The number of nitrogens with one attached hydrogen (secondary N) is 1. The van der Waals surface area contributed by atoms with Crippen molar-refractivity contribution in [3.63, 3.8) is 0 Å². The average Bonchev–Trinajstić information content (AvgIpc) is 3.06. The fourth-order valence-electron chi connectivity index (χ4n) is 3.24. The lowest BCUT2D eigenvalue weighted by atomic mass is 9.89. The van der Waals surface area contributed by atoms with Crippen LogP contribution in [0.1, 0.15) is 52.4 Å². The SMILES string of the molecule is CC(C)(NC1=NCC2(CCCC2)CS1)C1CC1. The Bertz CT molecular complexity index is 325. The number of aliphatic imine (C=N–C) groups is 1. The first-order valence-electron chi connectivity index (χ1n) is 7.05. The van der Waals surface area contributed by atoms with Crippen molar-refractivity contribution >= 4 is 16.9 Å². The van der Waals surface area contributed by atoms with Gasteiger partial charge in [0.1, 0.15) is 0 Å². The van der Waals surface area contributed by atoms with Crippen molar-refractivity contribution in [2.45, 2.75) is 57.9 Å². The van der Waals surface area contributed by atoms with Gasteiger partial charge in [0.05, 0.1) is 0 Å². The molecule has 0 saturated heterocycles. The van der Waals surface area contributed by atoms with Gasteiger partial charge in [0.25, 0.3) is 0 Å². The van der Waals surface area contributed by atoms with Gasteiger partial charge in [-0.3, -0.25) is 4.99 Å². The van der Waals surface area contributed by atoms with Crippen molar-refractivity contribution in [3.05, 3.63) is 0 Å². The molecule has 1 spiro atoms. The van der Waals surface area contributed by atoms with E-state index in [2.05, 4.69) is 19.2 Å². The van der Waals surface area contributed by atoms with E-state index in [1.54, 1.807) is 0 Å². The first-order chi connectivity index (χ1) is 8.10. The van der Waals surface area contributed by atoms with Crippen LogP contribution >= 0.6 is 11.8 Å². The second-order valence-electron chi connectivity index (χ2n) is 6.74. The lowest BCUT2D eigenvalue weighted by Gasteiger charge is -2.34. The van der Waals surface area contributed by atoms with Gasteiger partial charge in [0.15, 0.2) is 5.17 Å². The zero-order chi connectivity index (χ0) is 11.9. The third-order valence-corrected chi connectivity index (χ3v) is 6.03. The van der Waals surface area contributed by atoms with Crippen molar-refractivity contribution in [2.75, 3.05) is 12.3 Å². The molecule has 96 valence electrons. The summed E-state index contributed by atoms with van der Waals surface area (Å²) in [6.07, 6.45) is 8.44. The molecule has 2 aliphatic carbocycles. The van der Waals surface area contributed by atoms with E-state index in [0.717, 1.165) is 12.5 Å². The standard InChI is InChI=1S/C14H24N2S/c1-13(2,11-5-6-11)16-12-15-9-14(10-17-12)7-3-4-8-14/h11H,3-10H2,1-2H3,(H,15,16). The quantitative estimate of drug-likeness (QED) is 0.814. The Morgan fingerprint density at radius 2 is 2.00 bits per heavy atom. The van der Waals surface area contributed by atoms with Gasteiger partial charge in [-0.05, 0) is 50.9 Å². The first-order valence-corrected chi connectivity index (χ1v) is 8.04. The predicted octanol–water partition coefficient (Wildman–Crippen LogP) is 3.43. The molecule has 1 N–H and O–H groups in total. The molecule has 0 aromatic rings. The topological polar surface area (TPSA) is 24.4 Å². The third-order valence-electron chi connectivity index (χ3n) is 4.76. The highest BCUT2D eigenvalue weighted by molar-refractivity contribution is 8.13. The van der Waals surface area contributed by atoms with Gasteiger partial charge in [-0.25, -0.2) is 0 Å². The molecule has 3 heteroatoms. The molecule has 0 bridgehead atoms. The lowest BCUT2D eigenvalue weighted by molar-refractivity contribution is 0.354. The van der Waals surface area contributed by atoms with Gasteiger partial charge < -0.3 is 5.32 Å². The van der Waals surface area contributed by atoms with Crippen LogP contribution in [-0.2, 0) is 0 Å². The monoisotopic (exact) mass is 252 g/mol. The lowest BCUT2D eigenvalue weighted by Crippen LogP contribution is -2.46. The van der Waals surface area contributed by atoms with Crippen molar-refractivity contribution in [1.82, 2.24) is 5.32 Å². The summed E-state index contributed by atoms with van der Waals surface area (Å²) in [7, 11) is 0. The molecule has 3 aliphatic rings. The van der Waals surface area contributed by atoms with Crippen molar-refractivity contribution in [2.24, 2.45) is 16.3 Å². The van der Waals surface area contributed by atoms with Crippen LogP contribution in [0.2, 0.25) is 0 Å². The number of nitrogens with zero attached hydrogens (tertiary/aromatic N) is 1. The Morgan fingerprint density at radius 1 is 1.29 bits per heavy atom. The fourth-order valence-corrected chi connectivity index (χ4v) is 4.55. The smallest absolute Gasteiger partial charge is 0.157 e. The van der Waals surface area contributed by atoms with E-state index in [4.69, 9.17) is 4.99 Å². The van der Waals surface area contributed by atoms with Crippen LogP contribution in [0.4, 0.5) is 0 Å². The molecule has 3 rings (SSSR count). The summed E-state index contributed by atoms with van der Waals surface area (Å²) >= 11 is 1.97. The molecule has 0 amide bonds. The van der Waals surface area contributed by atoms with Gasteiger partial charge in [-0.2, -0.15) is 0 Å². The van der Waals surface area contributed by atoms with Gasteiger partial charge >= 0.3 is 0 Å². The van der Waals surface area contributed by atoms with E-state index >= 15 is 0 Å². The maximum atomic E-state index is 4.83. The molecular weight excluding hydrogens is 228 g/mol. The fraction of sp³-hybridized carbons (Fsp3) is 0.929. The second-order valence-corrected chi connectivity index (χ2v) is 7.70. The normalized spacial score (nSPS) is 28.2. The Hall–Kier alpha value is -0.180. The molecule has 1 aliphatic heterocycles. The van der Waals surface area contributed by atoms with Gasteiger partial charge in [-0.1, -0.05) is 24.6 Å². The molecule has 0 unspecified atom stereocenters. The van der Waals surface area contributed by atoms with Gasteiger partial charge in [0.2, 0.25) is 0 Å². The Balaban J connectivity index is 1.60. The van der Waals surface area contributed by atoms with Gasteiger partial charge in [-0.15, -0.1) is 0 Å². The predicted molar refractivity (Wildman–Crippen MR) is 75.6 cm³/mol. The third kappa shape index (κ3) is 2.49. The van der Waals surface area contributed by atoms with E-state index in [9.17, 15) is 0 Å². The summed E-state index contributed by atoms with van der Waals surface area (Å²) in [5.41, 5.74) is 0.825. The second kappa shape index (κ2) is 4.18. The average molecular weight is 252 g/mol. The summed E-state index contributed by atoms with van der Waals surface area (Å²) in [6.45, 7) is 5.73. The number of hydrogen-bond acceptors (Lipinski definition) is 3. The van der Waals surface area contributed by atoms with Crippen LogP contribution in [0.3, 0.4) is 0 Å². The molecule has 0 atom stereocenters. The number of amidine groups is 1. The minimum Gasteiger partial charge on any atom is -0.360 e. The molecule has 0 radical (unpaired) electrons. The number of hydrogen-bond donors (Lipinski definition) is 1. The Morgan fingerprint density at radius 3 is 2.53 bits per heavy atom. The van der Waals surface area contributed by atoms with Crippen LogP contribution in [0.15, 0.2) is 4.99 Å². The molecular formula is C14H24N2S. The van der Waals surface area contributed by atoms with Crippen LogP contribution in [0.5, 0.6) is 0 Å². The molecule has 0 aromatic heterocycles. The highest BCUT2D eigenvalue weighted by atomic mass is 32.2. The maximum Gasteiger partial charge on any atom is 0.157 e. The highest BCUT2D eigenvalue weighted by Gasteiger charge is 2.40. The summed E-state index contributed by atoms with van der Waals surface area (Å²) < 4.78 is 0. The number of rotatable bonds is 2. The zero-order valence-electron chi connectivity index (χ0n) is 11.1. The van der Waals surface area contributed by atoms with E-state index in [0.29, 0.717) is 5.41 Å². The molecule has 2 saturated carbocycles. The van der Waals surface area contributed by atoms with Crippen LogP contribution in [0.25, 0.3) is 0 Å². The molecule has 2 nitrogen and oxygen atoms in total. The minimum atomic E-state index is 0.256. The summed E-state index contributed by atoms with van der Waals surface area (Å²) in [4.78, 5) is 4.83. The van der Waals surface area contributed by atoms with E-state index in [1.165, 1.54) is 49.4 Å². The van der Waals surface area contributed by atoms with E-state index in [-0.39, 0.29) is 5.54 Å². The minimum absolute atomic E-state index is 0.256. The van der Waals surface area contributed by atoms with Crippen molar-refractivity contribution in [1.29, 1.82) is 0 Å². The largest absolute Gasteiger partial charge is 0.360 e.